The number of carbonyl (C=O) groups excluding carboxylic acids is 1. The van der Waals surface area contributed by atoms with E-state index in [0.717, 1.165) is 25.7 Å². The highest BCUT2D eigenvalue weighted by atomic mass is 19.4. The normalized spacial score (nSPS) is 22.0. The van der Waals surface area contributed by atoms with Gasteiger partial charge in [0, 0.05) is 12.6 Å². The van der Waals surface area contributed by atoms with Crippen molar-refractivity contribution in [2.24, 2.45) is 0 Å². The van der Waals surface area contributed by atoms with Gasteiger partial charge in [0.15, 0.2) is 0 Å². The maximum absolute atomic E-state index is 12.2. The Morgan fingerprint density at radius 3 is 2.71 bits per heavy atom. The predicted molar refractivity (Wildman–Crippen MR) is 71.8 cm³/mol. The first-order chi connectivity index (χ1) is 9.79. The molecule has 0 radical (unpaired) electrons. The van der Waals surface area contributed by atoms with Gasteiger partial charge in [0.05, 0.1) is 19.1 Å². The van der Waals surface area contributed by atoms with Crippen molar-refractivity contribution in [2.75, 3.05) is 19.8 Å². The minimum absolute atomic E-state index is 0.0254. The van der Waals surface area contributed by atoms with Gasteiger partial charge in [-0.25, -0.2) is 0 Å². The molecule has 2 atom stereocenters. The average Bonchev–Trinajstić information content (AvgIpc) is 2.58. The summed E-state index contributed by atoms with van der Waals surface area (Å²) in [5.41, 5.74) is 0. The van der Waals surface area contributed by atoms with Crippen molar-refractivity contribution in [3.8, 4) is 0 Å². The Morgan fingerprint density at radius 2 is 2.10 bits per heavy atom. The zero-order chi connectivity index (χ0) is 15.9. The van der Waals surface area contributed by atoms with Crippen LogP contribution in [0.25, 0.3) is 0 Å². The Bertz CT molecular complexity index is 321. The van der Waals surface area contributed by atoms with E-state index in [0.29, 0.717) is 13.0 Å². The molecule has 0 bridgehead atoms. The molecule has 0 aromatic carbocycles. The second-order valence-electron chi connectivity index (χ2n) is 5.59. The van der Waals surface area contributed by atoms with Gasteiger partial charge in [0.25, 0.3) is 0 Å². The van der Waals surface area contributed by atoms with E-state index >= 15 is 0 Å². The van der Waals surface area contributed by atoms with Gasteiger partial charge in [-0.1, -0.05) is 12.8 Å². The van der Waals surface area contributed by atoms with Gasteiger partial charge < -0.3 is 14.7 Å². The van der Waals surface area contributed by atoms with Gasteiger partial charge in [-0.3, -0.25) is 4.79 Å². The molecule has 1 amide bonds. The number of nitrogens with zero attached hydrogens (tertiary/aromatic N) is 1. The van der Waals surface area contributed by atoms with Crippen LogP contribution in [0.2, 0.25) is 0 Å². The third kappa shape index (κ3) is 7.66. The lowest BCUT2D eigenvalue weighted by Gasteiger charge is -2.31. The van der Waals surface area contributed by atoms with E-state index in [1.165, 1.54) is 0 Å². The third-order valence-corrected chi connectivity index (χ3v) is 3.54. The molecule has 1 saturated heterocycles. The van der Waals surface area contributed by atoms with Crippen LogP contribution < -0.4 is 0 Å². The monoisotopic (exact) mass is 311 g/mol. The number of hydrogen-bond acceptors (Lipinski definition) is 3. The minimum atomic E-state index is -4.36. The largest absolute Gasteiger partial charge is 0.411 e. The Kier molecular flexibility index (Phi) is 7.45. The second kappa shape index (κ2) is 8.58. The summed E-state index contributed by atoms with van der Waals surface area (Å²) in [4.78, 5) is 13.9. The van der Waals surface area contributed by atoms with Crippen molar-refractivity contribution in [1.29, 1.82) is 0 Å². The first-order valence-electron chi connectivity index (χ1n) is 7.41. The first-order valence-corrected chi connectivity index (χ1v) is 7.41. The van der Waals surface area contributed by atoms with Crippen molar-refractivity contribution in [1.82, 2.24) is 4.90 Å². The van der Waals surface area contributed by atoms with Crippen LogP contribution in [0.5, 0.6) is 0 Å². The molecule has 1 aliphatic heterocycles. The van der Waals surface area contributed by atoms with E-state index in [-0.39, 0.29) is 25.0 Å². The van der Waals surface area contributed by atoms with E-state index in [1.807, 2.05) is 0 Å². The van der Waals surface area contributed by atoms with Crippen LogP contribution >= 0.6 is 0 Å². The van der Waals surface area contributed by atoms with E-state index in [9.17, 15) is 23.1 Å². The van der Waals surface area contributed by atoms with Gasteiger partial charge in [0.2, 0.25) is 5.91 Å². The lowest BCUT2D eigenvalue weighted by Crippen LogP contribution is -2.42. The number of rotatable bonds is 6. The van der Waals surface area contributed by atoms with Crippen molar-refractivity contribution < 1.29 is 27.8 Å². The SMILES string of the molecule is CC(O)CC1CCCCCN1C(=O)CCOCC(F)(F)F. The number of hydrogen-bond donors (Lipinski definition) is 1. The zero-order valence-corrected chi connectivity index (χ0v) is 12.4. The smallest absolute Gasteiger partial charge is 0.393 e. The summed E-state index contributed by atoms with van der Waals surface area (Å²) in [6, 6.07) is -0.0254. The van der Waals surface area contributed by atoms with Gasteiger partial charge in [0.1, 0.15) is 6.61 Å². The highest BCUT2D eigenvalue weighted by Crippen LogP contribution is 2.21. The molecule has 0 saturated carbocycles. The van der Waals surface area contributed by atoms with Gasteiger partial charge in [-0.15, -0.1) is 0 Å². The molecule has 4 nitrogen and oxygen atoms in total. The van der Waals surface area contributed by atoms with E-state index in [4.69, 9.17) is 0 Å². The molecule has 2 unspecified atom stereocenters. The molecule has 1 N–H and O–H groups in total. The van der Waals surface area contributed by atoms with Crippen LogP contribution in [0.3, 0.4) is 0 Å². The maximum Gasteiger partial charge on any atom is 0.411 e. The maximum atomic E-state index is 12.2. The molecular formula is C14H24F3NO3. The Labute approximate surface area is 123 Å². The van der Waals surface area contributed by atoms with Crippen LogP contribution in [0, 0.1) is 0 Å². The van der Waals surface area contributed by atoms with Gasteiger partial charge in [-0.05, 0) is 26.2 Å². The summed E-state index contributed by atoms with van der Waals surface area (Å²) < 4.78 is 40.3. The molecule has 21 heavy (non-hydrogen) atoms. The summed E-state index contributed by atoms with van der Waals surface area (Å²) >= 11 is 0. The molecule has 1 fully saturated rings. The number of carbonyl (C=O) groups is 1. The Hall–Kier alpha value is -0.820. The van der Waals surface area contributed by atoms with Crippen LogP contribution in [-0.4, -0.2) is 54.0 Å². The van der Waals surface area contributed by atoms with Crippen LogP contribution in [0.15, 0.2) is 0 Å². The molecule has 1 aliphatic rings. The highest BCUT2D eigenvalue weighted by Gasteiger charge is 2.29. The summed E-state index contributed by atoms with van der Waals surface area (Å²) in [7, 11) is 0. The fourth-order valence-corrected chi connectivity index (χ4v) is 2.64. The molecular weight excluding hydrogens is 287 g/mol. The highest BCUT2D eigenvalue weighted by molar-refractivity contribution is 5.76. The molecule has 0 aromatic rings. The summed E-state index contributed by atoms with van der Waals surface area (Å²) in [5, 5.41) is 9.51. The quantitative estimate of drug-likeness (QED) is 0.767. The lowest BCUT2D eigenvalue weighted by molar-refractivity contribution is -0.175. The first kappa shape index (κ1) is 18.2. The standard InChI is InChI=1S/C14H24F3NO3/c1-11(19)9-12-5-3-2-4-7-18(12)13(20)6-8-21-10-14(15,16)17/h11-12,19H,2-10H2,1H3. The third-order valence-electron chi connectivity index (χ3n) is 3.54. The number of likely N-dealkylation sites (tertiary alicyclic amines) is 1. The molecule has 7 heteroatoms. The number of aliphatic hydroxyl groups excluding tert-OH is 1. The second-order valence-corrected chi connectivity index (χ2v) is 5.59. The zero-order valence-electron chi connectivity index (χ0n) is 12.4. The van der Waals surface area contributed by atoms with Crippen molar-refractivity contribution in [3.05, 3.63) is 0 Å². The van der Waals surface area contributed by atoms with Crippen LogP contribution in [0.1, 0.15) is 45.4 Å². The Balaban J connectivity index is 2.44. The van der Waals surface area contributed by atoms with E-state index in [2.05, 4.69) is 4.74 Å². The number of alkyl halides is 3. The predicted octanol–water partition coefficient (Wildman–Crippen LogP) is 2.50. The molecule has 1 rings (SSSR count). The fraction of sp³-hybridized carbons (Fsp3) is 0.929. The number of aliphatic hydroxyl groups is 1. The van der Waals surface area contributed by atoms with E-state index in [1.54, 1.807) is 11.8 Å². The summed E-state index contributed by atoms with van der Waals surface area (Å²) in [6.07, 6.45) is -0.630. The topological polar surface area (TPSA) is 49.8 Å². The molecule has 0 aliphatic carbocycles. The van der Waals surface area contributed by atoms with Crippen LogP contribution in [-0.2, 0) is 9.53 Å². The molecule has 0 spiro atoms. The van der Waals surface area contributed by atoms with Gasteiger partial charge >= 0.3 is 6.18 Å². The van der Waals surface area contributed by atoms with Crippen LogP contribution in [0.4, 0.5) is 13.2 Å². The molecule has 1 heterocycles. The Morgan fingerprint density at radius 1 is 1.38 bits per heavy atom. The van der Waals surface area contributed by atoms with Crippen molar-refractivity contribution in [3.63, 3.8) is 0 Å². The average molecular weight is 311 g/mol. The van der Waals surface area contributed by atoms with Gasteiger partial charge in [-0.2, -0.15) is 13.2 Å². The number of halogens is 3. The van der Waals surface area contributed by atoms with E-state index < -0.39 is 18.9 Å². The molecule has 0 aromatic heterocycles. The van der Waals surface area contributed by atoms with Crippen molar-refractivity contribution in [2.45, 2.75) is 63.8 Å². The van der Waals surface area contributed by atoms with Crippen molar-refractivity contribution >= 4 is 5.91 Å². The summed E-state index contributed by atoms with van der Waals surface area (Å²) in [6.45, 7) is 0.739. The minimum Gasteiger partial charge on any atom is -0.393 e. The number of ether oxygens (including phenoxy) is 1. The number of amides is 1. The molecule has 124 valence electrons. The lowest BCUT2D eigenvalue weighted by atomic mass is 10.0. The fourth-order valence-electron chi connectivity index (χ4n) is 2.64. The summed E-state index contributed by atoms with van der Waals surface area (Å²) in [5.74, 6) is -0.190.